The van der Waals surface area contributed by atoms with Gasteiger partial charge in [0.05, 0.1) is 11.5 Å². The minimum absolute atomic E-state index is 0.309. The zero-order chi connectivity index (χ0) is 21.8. The average Bonchev–Trinajstić information content (AvgIpc) is 2.67. The first-order chi connectivity index (χ1) is 13.8. The molecule has 3 nitrogen and oxygen atoms in total. The molecule has 0 bridgehead atoms. The Morgan fingerprint density at radius 1 is 0.724 bits per heavy atom. The normalized spacial score (nSPS) is 13.6. The summed E-state index contributed by atoms with van der Waals surface area (Å²) in [6.45, 7) is 8.92. The highest BCUT2D eigenvalue weighted by Crippen LogP contribution is 2.39. The number of alkyl halides is 3. The van der Waals surface area contributed by atoms with Crippen LogP contribution in [0.15, 0.2) is 24.3 Å². The van der Waals surface area contributed by atoms with Gasteiger partial charge in [0.25, 0.3) is 5.97 Å². The first-order valence-electron chi connectivity index (χ1n) is 10.9. The Morgan fingerprint density at radius 2 is 1.21 bits per heavy atom. The molecule has 0 heterocycles. The summed E-state index contributed by atoms with van der Waals surface area (Å²) >= 11 is 0. The molecule has 1 aromatic carbocycles. The van der Waals surface area contributed by atoms with E-state index in [-0.39, 0.29) is 5.92 Å². The van der Waals surface area contributed by atoms with E-state index >= 15 is 0 Å². The van der Waals surface area contributed by atoms with Gasteiger partial charge in [0, 0.05) is 19.8 Å². The zero-order valence-electron chi connectivity index (χ0n) is 18.3. The summed E-state index contributed by atoms with van der Waals surface area (Å²) in [6, 6.07) is 5.29. The number of halogens is 3. The quantitative estimate of drug-likeness (QED) is 0.221. The second kappa shape index (κ2) is 13.2. The van der Waals surface area contributed by atoms with Crippen LogP contribution in [0.25, 0.3) is 0 Å². The van der Waals surface area contributed by atoms with Gasteiger partial charge in [-0.25, -0.2) is 0 Å². The van der Waals surface area contributed by atoms with E-state index in [9.17, 15) is 13.2 Å². The summed E-state index contributed by atoms with van der Waals surface area (Å²) in [5.74, 6) is -1.60. The maximum atomic E-state index is 13.0. The largest absolute Gasteiger partial charge is 0.416 e. The molecule has 0 spiro atoms. The molecule has 0 aliphatic carbocycles. The summed E-state index contributed by atoms with van der Waals surface area (Å²) in [6.07, 6.45) is 3.14. The van der Waals surface area contributed by atoms with E-state index in [0.717, 1.165) is 43.4 Å². The van der Waals surface area contributed by atoms with Gasteiger partial charge in [-0.2, -0.15) is 13.2 Å². The highest BCUT2D eigenvalue weighted by molar-refractivity contribution is 5.28. The number of hydrogen-bond donors (Lipinski definition) is 0. The Balaban J connectivity index is 3.11. The topological polar surface area (TPSA) is 27.7 Å². The molecular formula is C23H37F3O3. The van der Waals surface area contributed by atoms with Crippen LogP contribution in [-0.4, -0.2) is 25.8 Å². The Morgan fingerprint density at radius 3 is 1.66 bits per heavy atom. The fraction of sp³-hybridized carbons (Fsp3) is 0.739. The molecule has 0 radical (unpaired) electrons. The van der Waals surface area contributed by atoms with Gasteiger partial charge in [-0.15, -0.1) is 0 Å². The Kier molecular flexibility index (Phi) is 11.8. The van der Waals surface area contributed by atoms with Gasteiger partial charge < -0.3 is 14.2 Å². The summed E-state index contributed by atoms with van der Waals surface area (Å²) in [5, 5.41) is 0. The third kappa shape index (κ3) is 8.27. The molecule has 0 saturated carbocycles. The first-order valence-corrected chi connectivity index (χ1v) is 10.9. The minimum Gasteiger partial charge on any atom is -0.327 e. The molecule has 0 aromatic heterocycles. The molecule has 0 saturated heterocycles. The minimum atomic E-state index is -4.36. The Hall–Kier alpha value is -1.11. The SMILES string of the molecule is CCCCCCCCC(c1ccc(C(F)(F)F)cc1)C(OCC)(OCC)OCC. The third-order valence-electron chi connectivity index (χ3n) is 4.95. The van der Waals surface area contributed by atoms with Crippen LogP contribution in [0.4, 0.5) is 13.2 Å². The summed E-state index contributed by atoms with van der Waals surface area (Å²) in [7, 11) is 0. The first kappa shape index (κ1) is 25.9. The lowest BCUT2D eigenvalue weighted by atomic mass is 9.89. The van der Waals surface area contributed by atoms with Gasteiger partial charge in [-0.05, 0) is 44.9 Å². The molecule has 6 heteroatoms. The summed E-state index contributed by atoms with van der Waals surface area (Å²) < 4.78 is 56.8. The van der Waals surface area contributed by atoms with E-state index in [1.807, 2.05) is 20.8 Å². The highest BCUT2D eigenvalue weighted by Gasteiger charge is 2.43. The molecule has 0 amide bonds. The molecule has 1 rings (SSSR count). The van der Waals surface area contributed by atoms with Crippen molar-refractivity contribution < 1.29 is 27.4 Å². The molecule has 1 atom stereocenters. The lowest BCUT2D eigenvalue weighted by Gasteiger charge is -2.39. The van der Waals surface area contributed by atoms with Crippen molar-refractivity contribution in [1.29, 1.82) is 0 Å². The lowest BCUT2D eigenvalue weighted by molar-refractivity contribution is -0.389. The molecule has 1 aromatic rings. The van der Waals surface area contributed by atoms with E-state index in [1.165, 1.54) is 31.4 Å². The monoisotopic (exact) mass is 418 g/mol. The van der Waals surface area contributed by atoms with Crippen molar-refractivity contribution in [2.24, 2.45) is 0 Å². The zero-order valence-corrected chi connectivity index (χ0v) is 18.3. The van der Waals surface area contributed by atoms with Gasteiger partial charge in [0.15, 0.2) is 0 Å². The highest BCUT2D eigenvalue weighted by atomic mass is 19.4. The van der Waals surface area contributed by atoms with Crippen molar-refractivity contribution in [3.63, 3.8) is 0 Å². The van der Waals surface area contributed by atoms with Gasteiger partial charge in [-0.1, -0.05) is 57.6 Å². The van der Waals surface area contributed by atoms with Crippen LogP contribution in [0.3, 0.4) is 0 Å². The number of rotatable bonds is 15. The molecule has 0 aliphatic rings. The second-order valence-electron chi connectivity index (χ2n) is 7.13. The number of benzene rings is 1. The van der Waals surface area contributed by atoms with Crippen LogP contribution in [0.2, 0.25) is 0 Å². The standard InChI is InChI=1S/C23H37F3O3/c1-5-9-10-11-12-13-14-21(23(27-6-2,28-7-3)29-8-4)19-15-17-20(18-16-19)22(24,25)26/h15-18,21H,5-14H2,1-4H3. The Bertz CT molecular complexity index is 526. The third-order valence-corrected chi connectivity index (χ3v) is 4.95. The number of ether oxygens (including phenoxy) is 3. The van der Waals surface area contributed by atoms with Crippen molar-refractivity contribution in [3.8, 4) is 0 Å². The van der Waals surface area contributed by atoms with Crippen molar-refractivity contribution in [2.45, 2.75) is 90.7 Å². The van der Waals surface area contributed by atoms with Crippen LogP contribution in [-0.2, 0) is 20.4 Å². The van der Waals surface area contributed by atoms with Crippen molar-refractivity contribution in [3.05, 3.63) is 35.4 Å². The van der Waals surface area contributed by atoms with Crippen LogP contribution >= 0.6 is 0 Å². The lowest BCUT2D eigenvalue weighted by Crippen LogP contribution is -2.45. The van der Waals surface area contributed by atoms with E-state index < -0.39 is 17.7 Å². The smallest absolute Gasteiger partial charge is 0.327 e. The van der Waals surface area contributed by atoms with E-state index in [0.29, 0.717) is 19.8 Å². The molecule has 0 N–H and O–H groups in total. The molecule has 0 aliphatic heterocycles. The van der Waals surface area contributed by atoms with Crippen molar-refractivity contribution >= 4 is 0 Å². The van der Waals surface area contributed by atoms with Gasteiger partial charge in [0.2, 0.25) is 0 Å². The summed E-state index contributed by atoms with van der Waals surface area (Å²) in [5.41, 5.74) is 0.0799. The average molecular weight is 419 g/mol. The van der Waals surface area contributed by atoms with E-state index in [4.69, 9.17) is 14.2 Å². The fourth-order valence-corrected chi connectivity index (χ4v) is 3.61. The summed E-state index contributed by atoms with van der Waals surface area (Å²) in [4.78, 5) is 0. The van der Waals surface area contributed by atoms with Gasteiger partial charge in [-0.3, -0.25) is 0 Å². The van der Waals surface area contributed by atoms with Crippen LogP contribution < -0.4 is 0 Å². The number of hydrogen-bond acceptors (Lipinski definition) is 3. The van der Waals surface area contributed by atoms with Crippen LogP contribution in [0.1, 0.15) is 89.7 Å². The predicted octanol–water partition coefficient (Wildman–Crippen LogP) is 7.30. The number of unbranched alkanes of at least 4 members (excludes halogenated alkanes) is 5. The van der Waals surface area contributed by atoms with E-state index in [2.05, 4.69) is 6.92 Å². The fourth-order valence-electron chi connectivity index (χ4n) is 3.61. The molecule has 168 valence electrons. The molecular weight excluding hydrogens is 381 g/mol. The predicted molar refractivity (Wildman–Crippen MR) is 110 cm³/mol. The van der Waals surface area contributed by atoms with Crippen LogP contribution in [0.5, 0.6) is 0 Å². The molecule has 29 heavy (non-hydrogen) atoms. The maximum absolute atomic E-state index is 13.0. The Labute approximate surface area is 173 Å². The maximum Gasteiger partial charge on any atom is 0.416 e. The van der Waals surface area contributed by atoms with E-state index in [1.54, 1.807) is 0 Å². The van der Waals surface area contributed by atoms with Crippen molar-refractivity contribution in [2.75, 3.05) is 19.8 Å². The molecule has 1 unspecified atom stereocenters. The van der Waals surface area contributed by atoms with Gasteiger partial charge in [0.1, 0.15) is 0 Å². The second-order valence-corrected chi connectivity index (χ2v) is 7.13. The molecule has 0 fully saturated rings. The van der Waals surface area contributed by atoms with Crippen LogP contribution in [0, 0.1) is 0 Å². The van der Waals surface area contributed by atoms with Crippen molar-refractivity contribution in [1.82, 2.24) is 0 Å². The van der Waals surface area contributed by atoms with Gasteiger partial charge >= 0.3 is 6.18 Å².